The third-order valence-electron chi connectivity index (χ3n) is 4.66. The third kappa shape index (κ3) is 4.57. The molecule has 0 unspecified atom stereocenters. The van der Waals surface area contributed by atoms with Gasteiger partial charge in [0.2, 0.25) is 11.6 Å². The zero-order valence-corrected chi connectivity index (χ0v) is 16.2. The van der Waals surface area contributed by atoms with Gasteiger partial charge in [0, 0.05) is 26.6 Å². The van der Waals surface area contributed by atoms with Crippen molar-refractivity contribution in [3.63, 3.8) is 0 Å². The van der Waals surface area contributed by atoms with E-state index in [9.17, 15) is 5.26 Å². The number of methoxy groups -OCH3 is 1. The standard InChI is InChI=1S/C21H26N4O2/c1-21(2)12-16-17(13-22)20(24-15-8-5-4-6-9-15)25-19(18(16)14-27-21)23-10-7-11-26-3/h4-6,8-9H,7,10-12,14H2,1-3H3,(H2,23,24,25)/p+1. The van der Waals surface area contributed by atoms with Gasteiger partial charge in [-0.1, -0.05) is 18.2 Å². The van der Waals surface area contributed by atoms with E-state index in [4.69, 9.17) is 9.47 Å². The second-order valence-corrected chi connectivity index (χ2v) is 7.31. The van der Waals surface area contributed by atoms with Crippen molar-refractivity contribution in [2.45, 2.75) is 38.9 Å². The lowest BCUT2D eigenvalue weighted by atomic mass is 9.89. The minimum Gasteiger partial charge on any atom is -0.385 e. The zero-order chi connectivity index (χ0) is 19.3. The molecule has 1 aliphatic rings. The molecule has 6 heteroatoms. The summed E-state index contributed by atoms with van der Waals surface area (Å²) < 4.78 is 11.1. The van der Waals surface area contributed by atoms with Crippen molar-refractivity contribution in [2.75, 3.05) is 30.9 Å². The number of nitrogens with one attached hydrogen (secondary N) is 3. The van der Waals surface area contributed by atoms with Crippen LogP contribution in [0.15, 0.2) is 30.3 Å². The van der Waals surface area contributed by atoms with Crippen molar-refractivity contribution >= 4 is 17.3 Å². The van der Waals surface area contributed by atoms with Crippen LogP contribution in [0.1, 0.15) is 37.0 Å². The predicted molar refractivity (Wildman–Crippen MR) is 105 cm³/mol. The molecule has 142 valence electrons. The first-order valence-electron chi connectivity index (χ1n) is 9.24. The van der Waals surface area contributed by atoms with E-state index in [1.54, 1.807) is 7.11 Å². The van der Waals surface area contributed by atoms with Gasteiger partial charge in [0.05, 0.1) is 30.0 Å². The third-order valence-corrected chi connectivity index (χ3v) is 4.66. The molecule has 0 fully saturated rings. The van der Waals surface area contributed by atoms with Crippen LogP contribution in [-0.4, -0.2) is 25.9 Å². The summed E-state index contributed by atoms with van der Waals surface area (Å²) in [6, 6.07) is 12.2. The average Bonchev–Trinajstić information content (AvgIpc) is 2.65. The van der Waals surface area contributed by atoms with Crippen LogP contribution in [0.5, 0.6) is 0 Å². The Morgan fingerprint density at radius 2 is 2.00 bits per heavy atom. The number of aromatic nitrogens is 1. The highest BCUT2D eigenvalue weighted by atomic mass is 16.5. The first-order valence-corrected chi connectivity index (χ1v) is 9.24. The van der Waals surface area contributed by atoms with Gasteiger partial charge in [0.1, 0.15) is 11.6 Å². The number of fused-ring (bicyclic) bond motifs is 1. The maximum atomic E-state index is 9.87. The number of ether oxygens (including phenoxy) is 2. The molecule has 0 saturated heterocycles. The molecule has 0 saturated carbocycles. The molecule has 2 heterocycles. The van der Waals surface area contributed by atoms with Crippen molar-refractivity contribution in [2.24, 2.45) is 0 Å². The molecule has 1 aromatic carbocycles. The van der Waals surface area contributed by atoms with E-state index in [-0.39, 0.29) is 5.60 Å². The van der Waals surface area contributed by atoms with Crippen molar-refractivity contribution in [1.29, 1.82) is 5.26 Å². The van der Waals surface area contributed by atoms with E-state index in [1.807, 2.05) is 30.3 Å². The lowest BCUT2D eigenvalue weighted by Crippen LogP contribution is -2.35. The number of H-pyrrole nitrogens is 1. The molecule has 3 N–H and O–H groups in total. The number of aromatic amines is 1. The highest BCUT2D eigenvalue weighted by Crippen LogP contribution is 2.35. The molecule has 0 spiro atoms. The molecule has 1 aliphatic heterocycles. The maximum Gasteiger partial charge on any atom is 0.242 e. The largest absolute Gasteiger partial charge is 0.385 e. The monoisotopic (exact) mass is 367 g/mol. The summed E-state index contributed by atoms with van der Waals surface area (Å²) in [5.41, 5.74) is 3.36. The fourth-order valence-electron chi connectivity index (χ4n) is 3.28. The number of nitrogens with zero attached hydrogens (tertiary/aromatic N) is 1. The highest BCUT2D eigenvalue weighted by molar-refractivity contribution is 5.66. The molecular weight excluding hydrogens is 340 g/mol. The SMILES string of the molecule is COCCCNc1[nH+]c(Nc2ccccc2)c(C#N)c2c1COC(C)(C)C2. The number of para-hydroxylation sites is 1. The number of hydrogen-bond donors (Lipinski definition) is 2. The summed E-state index contributed by atoms with van der Waals surface area (Å²) in [6.07, 6.45) is 1.59. The minimum absolute atomic E-state index is 0.294. The van der Waals surface area contributed by atoms with Gasteiger partial charge < -0.3 is 14.8 Å². The van der Waals surface area contributed by atoms with Crippen molar-refractivity contribution in [1.82, 2.24) is 0 Å². The summed E-state index contributed by atoms with van der Waals surface area (Å²) in [5, 5.41) is 16.7. The van der Waals surface area contributed by atoms with Crippen LogP contribution in [-0.2, 0) is 22.5 Å². The van der Waals surface area contributed by atoms with Crippen LogP contribution in [0.4, 0.5) is 17.3 Å². The van der Waals surface area contributed by atoms with E-state index < -0.39 is 0 Å². The Labute approximate surface area is 160 Å². The molecule has 3 rings (SSSR count). The topological polar surface area (TPSA) is 80.5 Å². The van der Waals surface area contributed by atoms with E-state index in [0.717, 1.165) is 35.6 Å². The molecule has 0 amide bonds. The molecule has 27 heavy (non-hydrogen) atoms. The Morgan fingerprint density at radius 3 is 2.70 bits per heavy atom. The van der Waals surface area contributed by atoms with Gasteiger partial charge in [-0.2, -0.15) is 5.26 Å². The van der Waals surface area contributed by atoms with Gasteiger partial charge in [0.25, 0.3) is 0 Å². The zero-order valence-electron chi connectivity index (χ0n) is 16.2. The van der Waals surface area contributed by atoms with Gasteiger partial charge >= 0.3 is 0 Å². The average molecular weight is 367 g/mol. The van der Waals surface area contributed by atoms with Gasteiger partial charge in [-0.25, -0.2) is 4.98 Å². The summed E-state index contributed by atoms with van der Waals surface area (Å²) in [7, 11) is 1.70. The molecular formula is C21H27N4O2+. The Kier molecular flexibility index (Phi) is 5.94. The molecule has 6 nitrogen and oxygen atoms in total. The second-order valence-electron chi connectivity index (χ2n) is 7.31. The second kappa shape index (κ2) is 8.38. The smallest absolute Gasteiger partial charge is 0.242 e. The lowest BCUT2D eigenvalue weighted by Gasteiger charge is -2.32. The van der Waals surface area contributed by atoms with E-state index in [2.05, 4.69) is 35.5 Å². The normalized spacial score (nSPS) is 14.9. The Bertz CT molecular complexity index is 828. The van der Waals surface area contributed by atoms with E-state index >= 15 is 0 Å². The first-order chi connectivity index (χ1) is 13.0. The van der Waals surface area contributed by atoms with E-state index in [0.29, 0.717) is 31.0 Å². The van der Waals surface area contributed by atoms with Crippen molar-refractivity contribution < 1.29 is 14.5 Å². The lowest BCUT2D eigenvalue weighted by molar-refractivity contribution is -0.345. The Hall–Kier alpha value is -2.62. The van der Waals surface area contributed by atoms with Crippen LogP contribution in [0.2, 0.25) is 0 Å². The number of benzene rings is 1. The first kappa shape index (κ1) is 19.2. The van der Waals surface area contributed by atoms with Crippen LogP contribution >= 0.6 is 0 Å². The predicted octanol–water partition coefficient (Wildman–Crippen LogP) is 3.42. The van der Waals surface area contributed by atoms with E-state index in [1.165, 1.54) is 0 Å². The van der Waals surface area contributed by atoms with Gasteiger partial charge in [-0.15, -0.1) is 0 Å². The molecule has 0 radical (unpaired) electrons. The van der Waals surface area contributed by atoms with Crippen LogP contribution < -0.4 is 15.6 Å². The number of rotatable bonds is 7. The number of pyridine rings is 1. The summed E-state index contributed by atoms with van der Waals surface area (Å²) in [4.78, 5) is 3.38. The fraction of sp³-hybridized carbons (Fsp3) is 0.429. The van der Waals surface area contributed by atoms with Crippen molar-refractivity contribution in [3.8, 4) is 6.07 Å². The number of nitriles is 1. The van der Waals surface area contributed by atoms with Gasteiger partial charge in [-0.05, 0) is 31.5 Å². The summed E-state index contributed by atoms with van der Waals surface area (Å²) in [6.45, 7) is 6.07. The van der Waals surface area contributed by atoms with Crippen LogP contribution in [0.3, 0.4) is 0 Å². The molecule has 0 bridgehead atoms. The Morgan fingerprint density at radius 1 is 1.22 bits per heavy atom. The quantitative estimate of drug-likeness (QED) is 0.733. The van der Waals surface area contributed by atoms with Gasteiger partial charge in [-0.3, -0.25) is 5.32 Å². The molecule has 1 aromatic heterocycles. The summed E-state index contributed by atoms with van der Waals surface area (Å²) in [5.74, 6) is 1.60. The van der Waals surface area contributed by atoms with Crippen LogP contribution in [0.25, 0.3) is 0 Å². The Balaban J connectivity index is 2.00. The summed E-state index contributed by atoms with van der Waals surface area (Å²) >= 11 is 0. The number of anilines is 3. The molecule has 2 aromatic rings. The molecule has 0 aliphatic carbocycles. The fourth-order valence-corrected chi connectivity index (χ4v) is 3.28. The number of hydrogen-bond acceptors (Lipinski definition) is 5. The minimum atomic E-state index is -0.294. The van der Waals surface area contributed by atoms with Crippen LogP contribution in [0, 0.1) is 11.3 Å². The van der Waals surface area contributed by atoms with Gasteiger partial charge in [0.15, 0.2) is 0 Å². The maximum absolute atomic E-state index is 9.87. The highest BCUT2D eigenvalue weighted by Gasteiger charge is 2.33. The molecule has 0 atom stereocenters. The van der Waals surface area contributed by atoms with Crippen molar-refractivity contribution in [3.05, 3.63) is 47.0 Å².